The van der Waals surface area contributed by atoms with Crippen molar-refractivity contribution in [2.75, 3.05) is 13.7 Å². The van der Waals surface area contributed by atoms with Crippen LogP contribution in [0.2, 0.25) is 0 Å². The first-order valence-electron chi connectivity index (χ1n) is 16.2. The van der Waals surface area contributed by atoms with Gasteiger partial charge in [0.1, 0.15) is 5.92 Å². The molecule has 0 amide bonds. The zero-order valence-electron chi connectivity index (χ0n) is 27.7. The van der Waals surface area contributed by atoms with Gasteiger partial charge in [-0.05, 0) is 80.0 Å². The number of hydrogen-bond acceptors (Lipinski definition) is 7. The Kier molecular flexibility index (Phi) is 8.38. The van der Waals surface area contributed by atoms with E-state index in [-0.39, 0.29) is 30.0 Å². The molecule has 2 aliphatic heterocycles. The average Bonchev–Trinajstić information content (AvgIpc) is 3.80. The minimum atomic E-state index is -1.12. The molecule has 10 nitrogen and oxygen atoms in total. The van der Waals surface area contributed by atoms with E-state index in [0.717, 1.165) is 62.0 Å². The number of hydrogen-bond donors (Lipinski definition) is 5. The second-order valence-corrected chi connectivity index (χ2v) is 12.5. The third kappa shape index (κ3) is 5.06. The molecule has 8 bridgehead atoms. The van der Waals surface area contributed by atoms with Gasteiger partial charge in [0.15, 0.2) is 5.78 Å². The topological polar surface area (TPSA) is 149 Å². The molecular formula is C37H42N4O6. The van der Waals surface area contributed by atoms with Crippen molar-refractivity contribution in [3.63, 3.8) is 0 Å². The van der Waals surface area contributed by atoms with E-state index >= 15 is 0 Å². The summed E-state index contributed by atoms with van der Waals surface area (Å²) in [6.07, 6.45) is 10.3. The molecule has 0 saturated carbocycles. The van der Waals surface area contributed by atoms with Gasteiger partial charge in [-0.1, -0.05) is 26.5 Å². The van der Waals surface area contributed by atoms with Crippen LogP contribution in [0, 0.1) is 31.6 Å². The molecule has 0 spiro atoms. The minimum Gasteiger partial charge on any atom is -0.515 e. The molecule has 3 aromatic heterocycles. The molecule has 1 aliphatic carbocycles. The van der Waals surface area contributed by atoms with Gasteiger partial charge in [-0.2, -0.15) is 0 Å². The van der Waals surface area contributed by atoms with Crippen LogP contribution in [0.15, 0.2) is 12.3 Å². The highest BCUT2D eigenvalue weighted by molar-refractivity contribution is 6.19. The lowest BCUT2D eigenvalue weighted by Gasteiger charge is -2.25. The Balaban J connectivity index is 1.71. The molecule has 10 heteroatoms. The first-order chi connectivity index (χ1) is 22.6. The first kappa shape index (κ1) is 32.0. The zero-order valence-corrected chi connectivity index (χ0v) is 27.7. The van der Waals surface area contributed by atoms with Gasteiger partial charge in [-0.15, -0.1) is 0 Å². The number of rotatable bonds is 7. The molecule has 5 N–H and O–H groups in total. The molecule has 3 aliphatic rings. The number of esters is 2. The number of aromatic amines is 3. The highest BCUT2D eigenvalue weighted by Gasteiger charge is 2.49. The largest absolute Gasteiger partial charge is 0.515 e. The van der Waals surface area contributed by atoms with Gasteiger partial charge in [-0.25, -0.2) is 0 Å². The molecule has 1 saturated heterocycles. The zero-order chi connectivity index (χ0) is 33.7. The van der Waals surface area contributed by atoms with Crippen LogP contribution in [0.1, 0.15) is 83.3 Å². The molecule has 0 aromatic carbocycles. The Morgan fingerprint density at radius 3 is 2.43 bits per heavy atom. The Bertz CT molecular complexity index is 2110. The van der Waals surface area contributed by atoms with Crippen molar-refractivity contribution in [3.8, 4) is 0 Å². The van der Waals surface area contributed by atoms with Crippen molar-refractivity contribution >= 4 is 53.9 Å². The summed E-state index contributed by atoms with van der Waals surface area (Å²) in [6.45, 7) is 14.2. The van der Waals surface area contributed by atoms with Crippen molar-refractivity contribution in [3.05, 3.63) is 78.4 Å². The third-order valence-electron chi connectivity index (χ3n) is 10.2. The number of Topliss-reactive ketones (excluding diaryl/α,β-unsaturated/α-hetero) is 1. The maximum Gasteiger partial charge on any atom is 0.320 e. The number of ketones is 1. The molecule has 3 aromatic rings. The van der Waals surface area contributed by atoms with Crippen LogP contribution in [0.5, 0.6) is 0 Å². The molecule has 1 fully saturated rings. The summed E-state index contributed by atoms with van der Waals surface area (Å²) < 4.78 is 10.5. The number of carbonyl (C=O) groups is 3. The van der Waals surface area contributed by atoms with Crippen LogP contribution >= 0.6 is 0 Å². The number of aliphatic hydroxyl groups is 1. The van der Waals surface area contributed by atoms with Gasteiger partial charge >= 0.3 is 11.9 Å². The summed E-state index contributed by atoms with van der Waals surface area (Å²) in [5, 5.41) is 16.8. The van der Waals surface area contributed by atoms with Gasteiger partial charge in [0.25, 0.3) is 0 Å². The molecule has 1 unspecified atom stereocenters. The van der Waals surface area contributed by atoms with Crippen LogP contribution in [0.3, 0.4) is 0 Å². The molecule has 5 heterocycles. The third-order valence-corrected chi connectivity index (χ3v) is 10.2. The van der Waals surface area contributed by atoms with Gasteiger partial charge in [-0.3, -0.25) is 14.4 Å². The van der Waals surface area contributed by atoms with E-state index in [1.807, 2.05) is 39.0 Å². The van der Waals surface area contributed by atoms with Gasteiger partial charge in [0.05, 0.1) is 36.7 Å². The molecule has 6 rings (SSSR count). The monoisotopic (exact) mass is 638 g/mol. The SMILES string of the molecule is C=Cc1c2[nH]c(c1C)/C=C1\NC(C3=c4[nH]/c(c(C)c4C(=O)[C@@H]3C(=O)OC)=C\c3[nH]c(/c(=C\O)c3CC)=C\2)[C@@H](CCC(=O)OCC)[C@@H]1C. The Hall–Kier alpha value is -4.99. The normalized spacial score (nSPS) is 24.1. The summed E-state index contributed by atoms with van der Waals surface area (Å²) in [6, 6.07) is -0.446. The predicted molar refractivity (Wildman–Crippen MR) is 181 cm³/mol. The number of allylic oxidation sites excluding steroid dienone is 1. The lowest BCUT2D eigenvalue weighted by atomic mass is 9.80. The predicted octanol–water partition coefficient (Wildman–Crippen LogP) is 2.50. The second-order valence-electron chi connectivity index (χ2n) is 12.5. The van der Waals surface area contributed by atoms with Gasteiger partial charge in [0.2, 0.25) is 0 Å². The van der Waals surface area contributed by atoms with Crippen molar-refractivity contribution in [2.45, 2.75) is 59.9 Å². The highest BCUT2D eigenvalue weighted by atomic mass is 16.5. The lowest BCUT2D eigenvalue weighted by molar-refractivity contribution is -0.144. The smallest absolute Gasteiger partial charge is 0.320 e. The number of aliphatic hydroxyl groups excluding tert-OH is 1. The van der Waals surface area contributed by atoms with Crippen molar-refractivity contribution in [2.24, 2.45) is 17.8 Å². The summed E-state index contributed by atoms with van der Waals surface area (Å²) in [7, 11) is 1.30. The Morgan fingerprint density at radius 2 is 1.77 bits per heavy atom. The molecule has 47 heavy (non-hydrogen) atoms. The van der Waals surface area contributed by atoms with E-state index < -0.39 is 17.9 Å². The van der Waals surface area contributed by atoms with Crippen LogP contribution in [0.4, 0.5) is 0 Å². The van der Waals surface area contributed by atoms with Crippen LogP contribution < -0.4 is 26.6 Å². The summed E-state index contributed by atoms with van der Waals surface area (Å²) in [5.41, 5.74) is 8.05. The van der Waals surface area contributed by atoms with Crippen molar-refractivity contribution < 1.29 is 29.0 Å². The number of nitrogens with one attached hydrogen (secondary N) is 4. The number of methoxy groups -OCH3 is 1. The van der Waals surface area contributed by atoms with Crippen molar-refractivity contribution in [1.29, 1.82) is 0 Å². The maximum atomic E-state index is 14.1. The number of aromatic nitrogens is 3. The van der Waals surface area contributed by atoms with Crippen LogP contribution in [0.25, 0.3) is 36.1 Å². The van der Waals surface area contributed by atoms with E-state index in [9.17, 15) is 19.5 Å². The highest BCUT2D eigenvalue weighted by Crippen LogP contribution is 2.42. The van der Waals surface area contributed by atoms with Crippen LogP contribution in [-0.4, -0.2) is 57.5 Å². The fourth-order valence-electron chi connectivity index (χ4n) is 7.73. The molecule has 0 radical (unpaired) electrons. The lowest BCUT2D eigenvalue weighted by Crippen LogP contribution is -2.38. The summed E-state index contributed by atoms with van der Waals surface area (Å²) in [4.78, 5) is 50.6. The Morgan fingerprint density at radius 1 is 1.02 bits per heavy atom. The van der Waals surface area contributed by atoms with Gasteiger partial charge in [0, 0.05) is 56.8 Å². The van der Waals surface area contributed by atoms with E-state index in [1.54, 1.807) is 6.92 Å². The van der Waals surface area contributed by atoms with E-state index in [2.05, 4.69) is 39.8 Å². The molecule has 4 atom stereocenters. The second kappa shape index (κ2) is 12.3. The Labute approximate surface area is 272 Å². The first-order valence-corrected chi connectivity index (χ1v) is 16.2. The fourth-order valence-corrected chi connectivity index (χ4v) is 7.73. The van der Waals surface area contributed by atoms with Crippen molar-refractivity contribution in [1.82, 2.24) is 20.3 Å². The quantitative estimate of drug-likeness (QED) is 0.197. The standard InChI is InChI=1S/C37H42N4O6/c1-8-20-17(4)24-13-25-18(5)22(11-12-30(43)47-10-3)34(40-25)32-33(37(45)46-7)36(44)31-19(6)26(41-35(31)32)14-28-21(9-2)23(16-42)29(39-28)15-27(20)38-24/h8,13-16,18,22,33-34,38-42H,1,9-12H2,2-7H3/b23-16-,25-13-,26-14-,29-15-/t18-,22-,33+,34?/m0/s1. The van der Waals surface area contributed by atoms with E-state index in [1.165, 1.54) is 7.11 Å². The average molecular weight is 639 g/mol. The number of carbonyl (C=O) groups excluding carboxylic acids is 3. The molecular weight excluding hydrogens is 596 g/mol. The number of fused-ring (bicyclic) bond motifs is 8. The van der Waals surface area contributed by atoms with E-state index in [4.69, 9.17) is 9.47 Å². The number of H-pyrrole nitrogens is 3. The van der Waals surface area contributed by atoms with Crippen LogP contribution in [-0.2, 0) is 25.5 Å². The van der Waals surface area contributed by atoms with E-state index in [0.29, 0.717) is 41.2 Å². The molecule has 246 valence electrons. The fraction of sp³-hybridized carbons (Fsp3) is 0.378. The number of ether oxygens (including phenoxy) is 2. The van der Waals surface area contributed by atoms with Gasteiger partial charge < -0.3 is 34.8 Å². The maximum absolute atomic E-state index is 14.1. The summed E-state index contributed by atoms with van der Waals surface area (Å²) >= 11 is 0. The minimum absolute atomic E-state index is 0.0623. The summed E-state index contributed by atoms with van der Waals surface area (Å²) in [5.74, 6) is -2.54.